The number of benzene rings is 1. The first-order valence-corrected chi connectivity index (χ1v) is 9.96. The molecule has 0 aliphatic carbocycles. The number of aliphatic hydroxyl groups is 1. The van der Waals surface area contributed by atoms with E-state index in [4.69, 9.17) is 12.2 Å². The molecule has 4 rings (SSSR count). The van der Waals surface area contributed by atoms with Gasteiger partial charge in [-0.05, 0) is 62.0 Å². The summed E-state index contributed by atoms with van der Waals surface area (Å²) in [6.07, 6.45) is 1.76. The summed E-state index contributed by atoms with van der Waals surface area (Å²) < 4.78 is 16.4. The van der Waals surface area contributed by atoms with Crippen molar-refractivity contribution >= 4 is 17.3 Å². The van der Waals surface area contributed by atoms with E-state index in [9.17, 15) is 9.50 Å². The van der Waals surface area contributed by atoms with Crippen LogP contribution in [0.15, 0.2) is 54.7 Å². The molecule has 1 aromatic carbocycles. The van der Waals surface area contributed by atoms with Crippen molar-refractivity contribution in [2.75, 3.05) is 13.2 Å². The third kappa shape index (κ3) is 3.41. The minimum absolute atomic E-state index is 0.0146. The number of aliphatic hydroxyl groups excluding tert-OH is 1. The van der Waals surface area contributed by atoms with Crippen LogP contribution in [-0.2, 0) is 0 Å². The Labute approximate surface area is 174 Å². The normalized spacial score (nSPS) is 18.9. The molecule has 3 aromatic rings. The van der Waals surface area contributed by atoms with Crippen molar-refractivity contribution < 1.29 is 9.50 Å². The topological polar surface area (TPSA) is 53.3 Å². The third-order valence-electron chi connectivity index (χ3n) is 5.42. The van der Waals surface area contributed by atoms with Gasteiger partial charge in [0.1, 0.15) is 5.82 Å². The number of hydrogen-bond acceptors (Lipinski definition) is 3. The van der Waals surface area contributed by atoms with E-state index in [1.54, 1.807) is 18.3 Å². The lowest BCUT2D eigenvalue weighted by molar-refractivity contribution is 0.223. The lowest BCUT2D eigenvalue weighted by Crippen LogP contribution is -2.32. The maximum atomic E-state index is 14.5. The van der Waals surface area contributed by atoms with Gasteiger partial charge in [0.25, 0.3) is 0 Å². The van der Waals surface area contributed by atoms with E-state index in [0.29, 0.717) is 17.3 Å². The quantitative estimate of drug-likeness (QED) is 0.630. The first-order chi connectivity index (χ1) is 14.0. The summed E-state index contributed by atoms with van der Waals surface area (Å²) >= 11 is 5.57. The summed E-state index contributed by atoms with van der Waals surface area (Å²) in [5.41, 5.74) is 4.29. The number of thiocarbonyl (C=S) groups is 1. The number of hydrogen-bond donors (Lipinski definition) is 2. The number of aromatic nitrogens is 2. The highest BCUT2D eigenvalue weighted by Gasteiger charge is 2.41. The Balaban J connectivity index is 1.85. The molecule has 0 amide bonds. The minimum Gasteiger partial charge on any atom is -0.395 e. The van der Waals surface area contributed by atoms with Gasteiger partial charge in [-0.2, -0.15) is 0 Å². The van der Waals surface area contributed by atoms with E-state index in [0.717, 1.165) is 22.6 Å². The first kappa shape index (κ1) is 19.5. The van der Waals surface area contributed by atoms with Gasteiger partial charge < -0.3 is 19.9 Å². The van der Waals surface area contributed by atoms with E-state index in [1.807, 2.05) is 47.6 Å². The van der Waals surface area contributed by atoms with E-state index >= 15 is 0 Å². The summed E-state index contributed by atoms with van der Waals surface area (Å²) in [4.78, 5) is 6.51. The van der Waals surface area contributed by atoms with Crippen LogP contribution in [-0.4, -0.2) is 37.8 Å². The highest BCUT2D eigenvalue weighted by molar-refractivity contribution is 7.80. The number of β-amino-alcohol motifs (C(OH)–C–C–N with tert-alkyl or cyclic N) is 1. The molecule has 0 unspecified atom stereocenters. The minimum atomic E-state index is -0.269. The third-order valence-corrected chi connectivity index (χ3v) is 5.77. The zero-order chi connectivity index (χ0) is 20.5. The van der Waals surface area contributed by atoms with Gasteiger partial charge in [-0.3, -0.25) is 4.98 Å². The Bertz CT molecular complexity index is 1040. The molecule has 0 spiro atoms. The molecule has 0 radical (unpaired) electrons. The molecule has 1 saturated heterocycles. The molecule has 29 heavy (non-hydrogen) atoms. The zero-order valence-electron chi connectivity index (χ0n) is 16.3. The maximum absolute atomic E-state index is 14.5. The molecule has 2 aromatic heterocycles. The van der Waals surface area contributed by atoms with Crippen LogP contribution >= 0.6 is 12.2 Å². The fraction of sp³-hybridized carbons (Fsp3) is 0.273. The van der Waals surface area contributed by atoms with Gasteiger partial charge in [-0.15, -0.1) is 0 Å². The molecule has 7 heteroatoms. The number of aryl methyl sites for hydroxylation is 1. The van der Waals surface area contributed by atoms with Crippen LogP contribution in [0.1, 0.15) is 34.7 Å². The average molecular weight is 411 g/mol. The first-order valence-electron chi connectivity index (χ1n) is 9.55. The Hall–Kier alpha value is -2.77. The highest BCUT2D eigenvalue weighted by Crippen LogP contribution is 2.41. The van der Waals surface area contributed by atoms with Crippen molar-refractivity contribution in [2.45, 2.75) is 25.9 Å². The van der Waals surface area contributed by atoms with Crippen LogP contribution in [0.5, 0.6) is 0 Å². The Morgan fingerprint density at radius 2 is 1.93 bits per heavy atom. The van der Waals surface area contributed by atoms with Gasteiger partial charge in [0.15, 0.2) is 5.11 Å². The average Bonchev–Trinajstić information content (AvgIpc) is 3.19. The number of pyridine rings is 1. The molecule has 2 atom stereocenters. The van der Waals surface area contributed by atoms with Gasteiger partial charge >= 0.3 is 0 Å². The second-order valence-corrected chi connectivity index (χ2v) is 7.54. The molecular weight excluding hydrogens is 387 g/mol. The molecule has 0 bridgehead atoms. The SMILES string of the molecule is Cc1cc([C@H]2[C@H](c3ccccn3)NC(=S)N2CCO)c(C)n1-c1ccccc1F. The van der Waals surface area contributed by atoms with Crippen LogP contribution in [0.2, 0.25) is 0 Å². The largest absolute Gasteiger partial charge is 0.395 e. The van der Waals surface area contributed by atoms with Crippen LogP contribution in [0, 0.1) is 19.7 Å². The van der Waals surface area contributed by atoms with Crippen LogP contribution < -0.4 is 5.32 Å². The standard InChI is InChI=1S/C22H23FN4OS/c1-14-13-16(15(2)27(14)19-9-4-3-7-17(19)23)21-20(18-8-5-6-10-24-18)25-22(29)26(21)11-12-28/h3-10,13,20-21,28H,11-12H2,1-2H3,(H,25,29)/t20-,21-/m0/s1. The van der Waals surface area contributed by atoms with E-state index in [1.165, 1.54) is 6.07 Å². The number of nitrogens with one attached hydrogen (secondary N) is 1. The van der Waals surface area contributed by atoms with Crippen molar-refractivity contribution in [3.63, 3.8) is 0 Å². The molecule has 2 N–H and O–H groups in total. The fourth-order valence-corrected chi connectivity index (χ4v) is 4.52. The number of para-hydroxylation sites is 1. The molecule has 1 aliphatic heterocycles. The lowest BCUT2D eigenvalue weighted by Gasteiger charge is -2.27. The van der Waals surface area contributed by atoms with Gasteiger partial charge in [0.2, 0.25) is 0 Å². The summed E-state index contributed by atoms with van der Waals surface area (Å²) in [5, 5.41) is 13.6. The molecule has 1 fully saturated rings. The smallest absolute Gasteiger partial charge is 0.170 e. The second kappa shape index (κ2) is 7.93. The maximum Gasteiger partial charge on any atom is 0.170 e. The fourth-order valence-electron chi connectivity index (χ4n) is 4.18. The Kier molecular flexibility index (Phi) is 5.34. The molecular formula is C22H23FN4OS. The Morgan fingerprint density at radius 1 is 1.17 bits per heavy atom. The van der Waals surface area contributed by atoms with Gasteiger partial charge in [-0.25, -0.2) is 4.39 Å². The van der Waals surface area contributed by atoms with Crippen molar-refractivity contribution in [3.8, 4) is 5.69 Å². The molecule has 0 saturated carbocycles. The lowest BCUT2D eigenvalue weighted by atomic mass is 9.97. The monoisotopic (exact) mass is 410 g/mol. The summed E-state index contributed by atoms with van der Waals surface area (Å²) in [6, 6.07) is 14.3. The van der Waals surface area contributed by atoms with Gasteiger partial charge in [-0.1, -0.05) is 18.2 Å². The van der Waals surface area contributed by atoms with Gasteiger partial charge in [0.05, 0.1) is 30.1 Å². The van der Waals surface area contributed by atoms with Crippen molar-refractivity contribution in [1.82, 2.24) is 19.8 Å². The summed E-state index contributed by atoms with van der Waals surface area (Å²) in [5.74, 6) is -0.269. The number of halogens is 1. The second-order valence-electron chi connectivity index (χ2n) is 7.16. The Morgan fingerprint density at radius 3 is 2.62 bits per heavy atom. The van der Waals surface area contributed by atoms with E-state index in [-0.39, 0.29) is 24.5 Å². The van der Waals surface area contributed by atoms with Crippen LogP contribution in [0.3, 0.4) is 0 Å². The van der Waals surface area contributed by atoms with Crippen LogP contribution in [0.4, 0.5) is 4.39 Å². The molecule has 150 valence electrons. The number of nitrogens with zero attached hydrogens (tertiary/aromatic N) is 3. The summed E-state index contributed by atoms with van der Waals surface area (Å²) in [6.45, 7) is 4.35. The van der Waals surface area contributed by atoms with Crippen molar-refractivity contribution in [3.05, 3.63) is 83.2 Å². The van der Waals surface area contributed by atoms with Crippen molar-refractivity contribution in [2.24, 2.45) is 0 Å². The molecule has 5 nitrogen and oxygen atoms in total. The summed E-state index contributed by atoms with van der Waals surface area (Å²) in [7, 11) is 0. The number of rotatable bonds is 5. The predicted molar refractivity (Wildman–Crippen MR) is 114 cm³/mol. The highest BCUT2D eigenvalue weighted by atomic mass is 32.1. The van der Waals surface area contributed by atoms with Crippen molar-refractivity contribution in [1.29, 1.82) is 0 Å². The molecule has 1 aliphatic rings. The zero-order valence-corrected chi connectivity index (χ0v) is 17.2. The molecule has 3 heterocycles. The van der Waals surface area contributed by atoms with Gasteiger partial charge in [0, 0.05) is 24.1 Å². The predicted octanol–water partition coefficient (Wildman–Crippen LogP) is 3.59. The van der Waals surface area contributed by atoms with Crippen LogP contribution in [0.25, 0.3) is 5.69 Å². The van der Waals surface area contributed by atoms with E-state index < -0.39 is 0 Å². The van der Waals surface area contributed by atoms with E-state index in [2.05, 4.69) is 16.4 Å².